The van der Waals surface area contributed by atoms with E-state index >= 15 is 0 Å². The molecule has 0 radical (unpaired) electrons. The molecule has 1 atom stereocenters. The van der Waals surface area contributed by atoms with Gasteiger partial charge in [0.25, 0.3) is 5.91 Å². The van der Waals surface area contributed by atoms with Crippen LogP contribution in [0.3, 0.4) is 0 Å². The fourth-order valence-electron chi connectivity index (χ4n) is 2.56. The number of nitrogens with zero attached hydrogens (tertiary/aromatic N) is 1. The van der Waals surface area contributed by atoms with Crippen molar-refractivity contribution in [2.45, 2.75) is 25.8 Å². The second-order valence-corrected chi connectivity index (χ2v) is 7.25. The van der Waals surface area contributed by atoms with E-state index < -0.39 is 0 Å². The van der Waals surface area contributed by atoms with E-state index in [-0.39, 0.29) is 11.9 Å². The summed E-state index contributed by atoms with van der Waals surface area (Å²) in [6.45, 7) is 3.30. The van der Waals surface area contributed by atoms with Crippen molar-refractivity contribution in [1.82, 2.24) is 10.2 Å². The van der Waals surface area contributed by atoms with Crippen molar-refractivity contribution in [3.63, 3.8) is 0 Å². The van der Waals surface area contributed by atoms with Crippen molar-refractivity contribution >= 4 is 17.2 Å². The number of nitrogens with one attached hydrogen (secondary N) is 1. The van der Waals surface area contributed by atoms with Crippen LogP contribution in [0, 0.1) is 0 Å². The zero-order chi connectivity index (χ0) is 18.9. The number of methoxy groups -OCH3 is 1. The Kier molecular flexibility index (Phi) is 7.94. The molecule has 0 spiro atoms. The van der Waals surface area contributed by atoms with E-state index in [0.29, 0.717) is 30.2 Å². The highest BCUT2D eigenvalue weighted by Crippen LogP contribution is 2.28. The molecule has 6 heteroatoms. The summed E-state index contributed by atoms with van der Waals surface area (Å²) in [7, 11) is 5.62. The minimum Gasteiger partial charge on any atom is -0.493 e. The lowest BCUT2D eigenvalue weighted by Crippen LogP contribution is -2.34. The molecule has 142 valence electrons. The number of benzene rings is 1. The molecule has 2 aromatic rings. The number of rotatable bonds is 10. The molecule has 26 heavy (non-hydrogen) atoms. The predicted octanol–water partition coefficient (Wildman–Crippen LogP) is 3.97. The first-order chi connectivity index (χ1) is 12.6. The van der Waals surface area contributed by atoms with Gasteiger partial charge in [0.1, 0.15) is 0 Å². The van der Waals surface area contributed by atoms with Gasteiger partial charge in [-0.3, -0.25) is 4.79 Å². The number of unbranched alkanes of at least 4 members (excludes halogenated alkanes) is 1. The van der Waals surface area contributed by atoms with Gasteiger partial charge in [-0.25, -0.2) is 0 Å². The Hall–Kier alpha value is -2.05. The standard InChI is InChI=1S/C20H28N2O3S/c1-5-6-11-25-17-10-9-15(13-18(17)24-4)20(23)21-14-16(22(2)3)19-8-7-12-26-19/h7-10,12-13,16H,5-6,11,14H2,1-4H3,(H,21,23)/t16-/m1/s1. The highest BCUT2D eigenvalue weighted by Gasteiger charge is 2.17. The van der Waals surface area contributed by atoms with Gasteiger partial charge >= 0.3 is 0 Å². The maximum Gasteiger partial charge on any atom is 0.251 e. The molecule has 1 aromatic carbocycles. The van der Waals surface area contributed by atoms with Gasteiger partial charge < -0.3 is 19.7 Å². The molecule has 1 heterocycles. The van der Waals surface area contributed by atoms with Crippen LogP contribution >= 0.6 is 11.3 Å². The minimum atomic E-state index is -0.119. The third kappa shape index (κ3) is 5.47. The van der Waals surface area contributed by atoms with Crippen LogP contribution in [-0.4, -0.2) is 45.2 Å². The lowest BCUT2D eigenvalue weighted by atomic mass is 10.1. The second-order valence-electron chi connectivity index (χ2n) is 6.27. The zero-order valence-corrected chi connectivity index (χ0v) is 16.8. The Morgan fingerprint density at radius 2 is 2.08 bits per heavy atom. The van der Waals surface area contributed by atoms with Crippen LogP contribution < -0.4 is 14.8 Å². The molecule has 0 saturated carbocycles. The number of hydrogen-bond acceptors (Lipinski definition) is 5. The molecule has 2 rings (SSSR count). The van der Waals surface area contributed by atoms with Crippen LogP contribution in [0.1, 0.15) is 41.0 Å². The van der Waals surface area contributed by atoms with Crippen molar-refractivity contribution < 1.29 is 14.3 Å². The van der Waals surface area contributed by atoms with Crippen molar-refractivity contribution in [1.29, 1.82) is 0 Å². The molecule has 5 nitrogen and oxygen atoms in total. The molecule has 1 amide bonds. The first-order valence-electron chi connectivity index (χ1n) is 8.85. The van der Waals surface area contributed by atoms with Gasteiger partial charge in [-0.2, -0.15) is 0 Å². The largest absolute Gasteiger partial charge is 0.493 e. The maximum atomic E-state index is 12.6. The minimum absolute atomic E-state index is 0.119. The van der Waals surface area contributed by atoms with Crippen molar-refractivity contribution in [2.24, 2.45) is 0 Å². The lowest BCUT2D eigenvalue weighted by Gasteiger charge is -2.23. The summed E-state index contributed by atoms with van der Waals surface area (Å²) in [5, 5.41) is 5.07. The molecular weight excluding hydrogens is 348 g/mol. The molecule has 0 unspecified atom stereocenters. The number of thiophene rings is 1. The fraction of sp³-hybridized carbons (Fsp3) is 0.450. The molecule has 1 aromatic heterocycles. The average Bonchev–Trinajstić information content (AvgIpc) is 3.16. The van der Waals surface area contributed by atoms with Crippen LogP contribution in [0.2, 0.25) is 0 Å². The zero-order valence-electron chi connectivity index (χ0n) is 16.0. The predicted molar refractivity (Wildman–Crippen MR) is 106 cm³/mol. The summed E-state index contributed by atoms with van der Waals surface area (Å²) in [5.74, 6) is 1.13. The molecule has 0 aliphatic heterocycles. The number of ether oxygens (including phenoxy) is 2. The van der Waals surface area contributed by atoms with Crippen LogP contribution in [0.5, 0.6) is 11.5 Å². The Labute approximate surface area is 159 Å². The van der Waals surface area contributed by atoms with E-state index in [1.165, 1.54) is 4.88 Å². The molecule has 0 fully saturated rings. The van der Waals surface area contributed by atoms with Crippen LogP contribution in [0.4, 0.5) is 0 Å². The first-order valence-corrected chi connectivity index (χ1v) is 9.73. The summed E-state index contributed by atoms with van der Waals surface area (Å²) < 4.78 is 11.1. The summed E-state index contributed by atoms with van der Waals surface area (Å²) in [6, 6.07) is 9.57. The van der Waals surface area contributed by atoms with Gasteiger partial charge in [-0.1, -0.05) is 19.4 Å². The summed E-state index contributed by atoms with van der Waals surface area (Å²) in [4.78, 5) is 15.9. The second kappa shape index (κ2) is 10.2. The van der Waals surface area contributed by atoms with E-state index in [2.05, 4.69) is 28.6 Å². The average molecular weight is 377 g/mol. The van der Waals surface area contributed by atoms with Gasteiger partial charge in [0.05, 0.1) is 19.8 Å². The highest BCUT2D eigenvalue weighted by molar-refractivity contribution is 7.10. The van der Waals surface area contributed by atoms with Gasteiger partial charge in [-0.05, 0) is 50.2 Å². The normalized spacial score (nSPS) is 12.0. The van der Waals surface area contributed by atoms with E-state index in [4.69, 9.17) is 9.47 Å². The number of amides is 1. The maximum absolute atomic E-state index is 12.6. The highest BCUT2D eigenvalue weighted by atomic mass is 32.1. The van der Waals surface area contributed by atoms with Gasteiger partial charge in [0.2, 0.25) is 0 Å². The fourth-order valence-corrected chi connectivity index (χ4v) is 3.49. The van der Waals surface area contributed by atoms with Gasteiger partial charge in [0, 0.05) is 17.0 Å². The van der Waals surface area contributed by atoms with E-state index in [1.807, 2.05) is 20.2 Å². The Morgan fingerprint density at radius 1 is 1.27 bits per heavy atom. The molecule has 0 saturated heterocycles. The molecule has 0 bridgehead atoms. The number of carbonyl (C=O) groups excluding carboxylic acids is 1. The molecule has 0 aliphatic rings. The van der Waals surface area contributed by atoms with E-state index in [9.17, 15) is 4.79 Å². The number of likely N-dealkylation sites (N-methyl/N-ethyl adjacent to an activating group) is 1. The van der Waals surface area contributed by atoms with E-state index in [0.717, 1.165) is 12.8 Å². The Bertz CT molecular complexity index is 686. The quantitative estimate of drug-likeness (QED) is 0.638. The lowest BCUT2D eigenvalue weighted by molar-refractivity contribution is 0.0942. The Balaban J connectivity index is 2.02. The third-order valence-electron chi connectivity index (χ3n) is 4.13. The van der Waals surface area contributed by atoms with Crippen LogP contribution in [-0.2, 0) is 0 Å². The molecular formula is C20H28N2O3S. The third-order valence-corrected chi connectivity index (χ3v) is 5.11. The smallest absolute Gasteiger partial charge is 0.251 e. The van der Waals surface area contributed by atoms with Gasteiger partial charge in [-0.15, -0.1) is 11.3 Å². The van der Waals surface area contributed by atoms with Crippen molar-refractivity contribution in [2.75, 3.05) is 34.4 Å². The number of carbonyl (C=O) groups is 1. The molecule has 0 aliphatic carbocycles. The molecule has 1 N–H and O–H groups in total. The topological polar surface area (TPSA) is 50.8 Å². The monoisotopic (exact) mass is 376 g/mol. The van der Waals surface area contributed by atoms with Crippen LogP contribution in [0.25, 0.3) is 0 Å². The number of hydrogen-bond donors (Lipinski definition) is 1. The van der Waals surface area contributed by atoms with Gasteiger partial charge in [0.15, 0.2) is 11.5 Å². The summed E-state index contributed by atoms with van der Waals surface area (Å²) in [5.41, 5.74) is 0.563. The summed E-state index contributed by atoms with van der Waals surface area (Å²) in [6.07, 6.45) is 2.06. The van der Waals surface area contributed by atoms with Crippen molar-refractivity contribution in [3.8, 4) is 11.5 Å². The van der Waals surface area contributed by atoms with Crippen molar-refractivity contribution in [3.05, 3.63) is 46.2 Å². The first kappa shape index (κ1) is 20.3. The van der Waals surface area contributed by atoms with Crippen LogP contribution in [0.15, 0.2) is 35.7 Å². The summed E-state index contributed by atoms with van der Waals surface area (Å²) >= 11 is 1.69. The Morgan fingerprint density at radius 3 is 2.69 bits per heavy atom. The SMILES string of the molecule is CCCCOc1ccc(C(=O)NC[C@H](c2cccs2)N(C)C)cc1OC. The van der Waals surface area contributed by atoms with E-state index in [1.54, 1.807) is 36.6 Å².